The molecule has 14 nitrogen and oxygen atoms in total. The Morgan fingerprint density at radius 1 is 0.677 bits per heavy atom. The van der Waals surface area contributed by atoms with Crippen LogP contribution < -0.4 is 5.32 Å². The molecule has 4 aromatic heterocycles. The number of carboxylic acids is 2. The SMILES string of the molecule is CC1(C)CCc2c(cncc2-c2nc(-c3ccc(CCC(=O)O)cc3)no2)C1.Cc1cc(-c2noc(-c3cncc4c3CCC(C)(C)C4)n2)cc(C)c1CCC(=O)NCC(=O)O. The molecular formula is C48H53N7O7. The first kappa shape index (κ1) is 43.5. The minimum atomic E-state index is -1.06. The van der Waals surface area contributed by atoms with E-state index in [1.807, 2.05) is 75.0 Å². The van der Waals surface area contributed by atoms with Gasteiger partial charge < -0.3 is 24.6 Å². The zero-order valence-corrected chi connectivity index (χ0v) is 36.2. The molecule has 2 aromatic carbocycles. The molecule has 0 unspecified atom stereocenters. The predicted octanol–water partition coefficient (Wildman–Crippen LogP) is 8.39. The molecule has 3 N–H and O–H groups in total. The zero-order valence-electron chi connectivity index (χ0n) is 36.2. The number of nitrogens with one attached hydrogen (secondary N) is 1. The van der Waals surface area contributed by atoms with Crippen molar-refractivity contribution >= 4 is 17.8 Å². The van der Waals surface area contributed by atoms with Gasteiger partial charge in [0.2, 0.25) is 17.6 Å². The Bertz CT molecular complexity index is 2590. The summed E-state index contributed by atoms with van der Waals surface area (Å²) in [5.41, 5.74) is 13.2. The third-order valence-corrected chi connectivity index (χ3v) is 11.9. The summed E-state index contributed by atoms with van der Waals surface area (Å²) in [7, 11) is 0. The molecule has 8 rings (SSSR count). The van der Waals surface area contributed by atoms with Crippen molar-refractivity contribution in [3.63, 3.8) is 0 Å². The molecule has 4 heterocycles. The molecule has 62 heavy (non-hydrogen) atoms. The van der Waals surface area contributed by atoms with E-state index in [4.69, 9.17) is 19.3 Å². The number of carbonyl (C=O) groups excluding carboxylic acids is 1. The molecule has 0 spiro atoms. The number of carbonyl (C=O) groups is 3. The summed E-state index contributed by atoms with van der Waals surface area (Å²) in [6.45, 7) is 12.7. The van der Waals surface area contributed by atoms with Gasteiger partial charge in [0.25, 0.3) is 11.8 Å². The van der Waals surface area contributed by atoms with Crippen LogP contribution in [0.5, 0.6) is 0 Å². The summed E-state index contributed by atoms with van der Waals surface area (Å²) in [4.78, 5) is 51.3. The quantitative estimate of drug-likeness (QED) is 0.106. The maximum atomic E-state index is 11.9. The maximum absolute atomic E-state index is 11.9. The fourth-order valence-corrected chi connectivity index (χ4v) is 8.45. The van der Waals surface area contributed by atoms with Gasteiger partial charge in [-0.3, -0.25) is 24.4 Å². The number of hydrogen-bond donors (Lipinski definition) is 3. The van der Waals surface area contributed by atoms with Crippen LogP contribution in [0.4, 0.5) is 0 Å². The Balaban J connectivity index is 0.000000190. The fourth-order valence-electron chi connectivity index (χ4n) is 8.45. The first-order chi connectivity index (χ1) is 29.5. The standard InChI is InChI=1S/C26H30N4O4.C22H23N3O3/c1-15-9-17(10-16(2)19(15)5-6-22(31)28-14-23(32)33)24-29-25(34-30-24)21-13-27-12-18-11-26(3,4)8-7-20(18)21;1-22(2)10-9-17-16(11-22)12-23-13-18(17)21-24-20(25-28-21)15-6-3-14(4-7-15)5-8-19(26)27/h9-10,12-13H,5-8,11,14H2,1-4H3,(H,28,31)(H,32,33);3-4,6-7,12-13H,5,8-11H2,1-2H3,(H,26,27). The molecule has 0 aliphatic heterocycles. The van der Waals surface area contributed by atoms with Crippen LogP contribution in [0.3, 0.4) is 0 Å². The van der Waals surface area contributed by atoms with Crippen LogP contribution in [0.2, 0.25) is 0 Å². The monoisotopic (exact) mass is 839 g/mol. The molecule has 2 aliphatic carbocycles. The number of amides is 1. The van der Waals surface area contributed by atoms with Crippen molar-refractivity contribution in [3.05, 3.63) is 106 Å². The second-order valence-corrected chi connectivity index (χ2v) is 18.0. The maximum Gasteiger partial charge on any atom is 0.322 e. The van der Waals surface area contributed by atoms with Crippen LogP contribution in [0.1, 0.15) is 97.9 Å². The van der Waals surface area contributed by atoms with Gasteiger partial charge in [0.05, 0.1) is 11.1 Å². The molecule has 0 saturated heterocycles. The predicted molar refractivity (Wildman–Crippen MR) is 232 cm³/mol. The van der Waals surface area contributed by atoms with Crippen LogP contribution in [-0.2, 0) is 52.9 Å². The summed E-state index contributed by atoms with van der Waals surface area (Å²) in [6, 6.07) is 11.6. The number of nitrogens with zero attached hydrogens (tertiary/aromatic N) is 6. The van der Waals surface area contributed by atoms with E-state index in [0.29, 0.717) is 36.3 Å². The number of aromatic nitrogens is 6. The van der Waals surface area contributed by atoms with Crippen molar-refractivity contribution < 1.29 is 33.6 Å². The lowest BCUT2D eigenvalue weighted by Gasteiger charge is -2.31. The van der Waals surface area contributed by atoms with Crippen molar-refractivity contribution in [2.24, 2.45) is 10.8 Å². The fraction of sp³-hybridized carbons (Fsp3) is 0.396. The molecule has 322 valence electrons. The molecule has 0 bridgehead atoms. The third kappa shape index (κ3) is 10.5. The Hall–Kier alpha value is -6.57. The van der Waals surface area contributed by atoms with Crippen molar-refractivity contribution in [1.82, 2.24) is 35.6 Å². The second kappa shape index (κ2) is 18.2. The highest BCUT2D eigenvalue weighted by molar-refractivity contribution is 5.81. The topological polar surface area (TPSA) is 207 Å². The number of pyridine rings is 2. The van der Waals surface area contributed by atoms with E-state index in [1.165, 1.54) is 22.3 Å². The number of hydrogen-bond acceptors (Lipinski definition) is 11. The highest BCUT2D eigenvalue weighted by Gasteiger charge is 2.30. The molecule has 0 atom stereocenters. The first-order valence-corrected chi connectivity index (χ1v) is 21.0. The van der Waals surface area contributed by atoms with Gasteiger partial charge in [-0.25, -0.2) is 0 Å². The number of aryl methyl sites for hydroxylation is 3. The summed E-state index contributed by atoms with van der Waals surface area (Å²) in [5.74, 6) is -0.122. The smallest absolute Gasteiger partial charge is 0.322 e. The lowest BCUT2D eigenvalue weighted by Crippen LogP contribution is -2.29. The summed E-state index contributed by atoms with van der Waals surface area (Å²) in [5, 5.41) is 28.3. The molecule has 0 saturated carbocycles. The van der Waals surface area contributed by atoms with Gasteiger partial charge in [-0.2, -0.15) is 9.97 Å². The van der Waals surface area contributed by atoms with Crippen molar-refractivity contribution in [2.45, 2.75) is 106 Å². The van der Waals surface area contributed by atoms with Gasteiger partial charge in [-0.15, -0.1) is 0 Å². The summed E-state index contributed by atoms with van der Waals surface area (Å²) in [6.07, 6.45) is 15.1. The highest BCUT2D eigenvalue weighted by Crippen LogP contribution is 2.40. The van der Waals surface area contributed by atoms with Crippen LogP contribution in [0.15, 0.2) is 70.2 Å². The van der Waals surface area contributed by atoms with Gasteiger partial charge >= 0.3 is 11.9 Å². The van der Waals surface area contributed by atoms with Crippen LogP contribution in [-0.4, -0.2) is 64.9 Å². The van der Waals surface area contributed by atoms with E-state index in [0.717, 1.165) is 83.0 Å². The van der Waals surface area contributed by atoms with E-state index >= 15 is 0 Å². The Kier molecular flexibility index (Phi) is 12.8. The molecule has 1 amide bonds. The Morgan fingerprint density at radius 3 is 1.69 bits per heavy atom. The largest absolute Gasteiger partial charge is 0.481 e. The van der Waals surface area contributed by atoms with Crippen LogP contribution in [0.25, 0.3) is 45.7 Å². The van der Waals surface area contributed by atoms with Crippen molar-refractivity contribution in [1.29, 1.82) is 0 Å². The first-order valence-electron chi connectivity index (χ1n) is 21.0. The van der Waals surface area contributed by atoms with Gasteiger partial charge in [-0.1, -0.05) is 62.3 Å². The molecule has 14 heteroatoms. The molecule has 6 aromatic rings. The summed E-state index contributed by atoms with van der Waals surface area (Å²) >= 11 is 0. The lowest BCUT2D eigenvalue weighted by molar-refractivity contribution is -0.138. The number of benzene rings is 2. The number of rotatable bonds is 12. The average molecular weight is 840 g/mol. The van der Waals surface area contributed by atoms with Gasteiger partial charge in [0, 0.05) is 48.8 Å². The second-order valence-electron chi connectivity index (χ2n) is 18.0. The zero-order chi connectivity index (χ0) is 44.2. The van der Waals surface area contributed by atoms with Gasteiger partial charge in [0.15, 0.2) is 0 Å². The molecule has 0 fully saturated rings. The van der Waals surface area contributed by atoms with E-state index in [-0.39, 0.29) is 36.1 Å². The van der Waals surface area contributed by atoms with Crippen molar-refractivity contribution in [3.8, 4) is 45.7 Å². The van der Waals surface area contributed by atoms with Gasteiger partial charge in [-0.05, 0) is 133 Å². The highest BCUT2D eigenvalue weighted by atomic mass is 16.5. The molecular weight excluding hydrogens is 787 g/mol. The molecule has 2 aliphatic rings. The summed E-state index contributed by atoms with van der Waals surface area (Å²) < 4.78 is 11.2. The Morgan fingerprint density at radius 2 is 1.19 bits per heavy atom. The Labute approximate surface area is 360 Å². The average Bonchev–Trinajstić information content (AvgIpc) is 3.92. The number of carboxylic acid groups (broad SMARTS) is 2. The number of aliphatic carboxylic acids is 2. The van der Waals surface area contributed by atoms with E-state index in [1.54, 1.807) is 0 Å². The minimum Gasteiger partial charge on any atom is -0.481 e. The minimum absolute atomic E-state index is 0.120. The van der Waals surface area contributed by atoms with E-state index in [9.17, 15) is 14.4 Å². The number of fused-ring (bicyclic) bond motifs is 2. The van der Waals surface area contributed by atoms with E-state index < -0.39 is 11.9 Å². The normalized spacial score (nSPS) is 14.8. The third-order valence-electron chi connectivity index (χ3n) is 11.9. The lowest BCUT2D eigenvalue weighted by atomic mass is 9.74. The van der Waals surface area contributed by atoms with Gasteiger partial charge in [0.1, 0.15) is 6.54 Å². The van der Waals surface area contributed by atoms with E-state index in [2.05, 4.69) is 63.3 Å². The van der Waals surface area contributed by atoms with Crippen LogP contribution >= 0.6 is 0 Å². The van der Waals surface area contributed by atoms with Crippen LogP contribution in [0, 0.1) is 24.7 Å². The van der Waals surface area contributed by atoms with Crippen molar-refractivity contribution in [2.75, 3.05) is 6.54 Å². The molecule has 0 radical (unpaired) electrons.